The molecular weight excluding hydrogens is 423 g/mol. The zero-order chi connectivity index (χ0) is 23.2. The van der Waals surface area contributed by atoms with Gasteiger partial charge in [-0.2, -0.15) is 0 Å². The number of furan rings is 1. The topological polar surface area (TPSA) is 29.9 Å². The average Bonchev–Trinajstić information content (AvgIpc) is 3.24. The highest BCUT2D eigenvalue weighted by molar-refractivity contribution is 6.13. The molecule has 3 heterocycles. The summed E-state index contributed by atoms with van der Waals surface area (Å²) < 4.78 is 23.8. The number of rotatable bonds is 3. The number of halogens is 1. The molecule has 3 aromatic carbocycles. The van der Waals surface area contributed by atoms with E-state index in [-0.39, 0.29) is 5.82 Å². The summed E-state index contributed by atoms with van der Waals surface area (Å²) in [7, 11) is 2.01. The van der Waals surface area contributed by atoms with E-state index in [4.69, 9.17) is 4.42 Å². The summed E-state index contributed by atoms with van der Waals surface area (Å²) in [6.45, 7) is 2.07. The molecule has 4 heteroatoms. The quantitative estimate of drug-likeness (QED) is 0.269. The predicted molar refractivity (Wildman–Crippen MR) is 134 cm³/mol. The lowest BCUT2D eigenvalue weighted by Gasteiger charge is -2.06. The Morgan fingerprint density at radius 1 is 0.735 bits per heavy atom. The van der Waals surface area contributed by atoms with Crippen molar-refractivity contribution in [2.45, 2.75) is 6.92 Å². The fourth-order valence-corrected chi connectivity index (χ4v) is 4.66. The molecule has 0 saturated carbocycles. The molecule has 6 aromatic rings. The van der Waals surface area contributed by atoms with Crippen LogP contribution in [-0.2, 0) is 7.05 Å². The first-order chi connectivity index (χ1) is 16.6. The number of fused-ring (bicyclic) bond motifs is 3. The maximum atomic E-state index is 15.2. The van der Waals surface area contributed by atoms with Gasteiger partial charge in [0.1, 0.15) is 24.0 Å². The van der Waals surface area contributed by atoms with Gasteiger partial charge in [-0.05, 0) is 42.3 Å². The summed E-state index contributed by atoms with van der Waals surface area (Å²) in [6.07, 6.45) is 3.80. The SMILES string of the molecule is Cc1ccc2c(oc3c(-c4ccc(-c5ccccc5)cn4)c(F)ccc32)c1-c1cccc[n+]1C. The molecule has 0 aliphatic heterocycles. The Balaban J connectivity index is 1.59. The summed E-state index contributed by atoms with van der Waals surface area (Å²) in [5, 5.41) is 1.83. The lowest BCUT2D eigenvalue weighted by atomic mass is 9.99. The minimum atomic E-state index is -0.352. The molecule has 6 rings (SSSR count). The summed E-state index contributed by atoms with van der Waals surface area (Å²) in [5.41, 5.74) is 7.40. The Labute approximate surface area is 196 Å². The number of hydrogen-bond acceptors (Lipinski definition) is 2. The predicted octanol–water partition coefficient (Wildman–Crippen LogP) is 7.25. The third kappa shape index (κ3) is 3.19. The van der Waals surface area contributed by atoms with Crippen LogP contribution in [0.5, 0.6) is 0 Å². The third-order valence-electron chi connectivity index (χ3n) is 6.40. The first-order valence-corrected chi connectivity index (χ1v) is 11.2. The van der Waals surface area contributed by atoms with E-state index < -0.39 is 0 Å². The molecule has 0 aliphatic carbocycles. The van der Waals surface area contributed by atoms with Gasteiger partial charge < -0.3 is 4.42 Å². The lowest BCUT2D eigenvalue weighted by molar-refractivity contribution is -0.660. The maximum absolute atomic E-state index is 15.2. The molecule has 34 heavy (non-hydrogen) atoms. The van der Waals surface area contributed by atoms with Crippen LogP contribution < -0.4 is 4.57 Å². The molecule has 3 nitrogen and oxygen atoms in total. The number of pyridine rings is 2. The normalized spacial score (nSPS) is 11.4. The van der Waals surface area contributed by atoms with E-state index in [1.165, 1.54) is 6.07 Å². The van der Waals surface area contributed by atoms with E-state index >= 15 is 4.39 Å². The van der Waals surface area contributed by atoms with Gasteiger partial charge in [0.15, 0.2) is 6.20 Å². The van der Waals surface area contributed by atoms with Crippen LogP contribution in [0.3, 0.4) is 0 Å². The van der Waals surface area contributed by atoms with Gasteiger partial charge in [0.2, 0.25) is 5.69 Å². The summed E-state index contributed by atoms with van der Waals surface area (Å²) >= 11 is 0. The van der Waals surface area contributed by atoms with Crippen molar-refractivity contribution < 1.29 is 13.4 Å². The minimum absolute atomic E-state index is 0.352. The van der Waals surface area contributed by atoms with Gasteiger partial charge in [0, 0.05) is 34.7 Å². The zero-order valence-electron chi connectivity index (χ0n) is 18.9. The summed E-state index contributed by atoms with van der Waals surface area (Å²) in [6, 6.07) is 27.4. The van der Waals surface area contributed by atoms with Crippen LogP contribution in [-0.4, -0.2) is 4.98 Å². The smallest absolute Gasteiger partial charge is 0.216 e. The minimum Gasteiger partial charge on any atom is -0.454 e. The highest BCUT2D eigenvalue weighted by Gasteiger charge is 2.23. The zero-order valence-corrected chi connectivity index (χ0v) is 18.9. The first kappa shape index (κ1) is 20.3. The molecule has 0 fully saturated rings. The van der Waals surface area contributed by atoms with Crippen LogP contribution in [0.15, 0.2) is 102 Å². The van der Waals surface area contributed by atoms with Crippen molar-refractivity contribution in [3.8, 4) is 33.6 Å². The van der Waals surface area contributed by atoms with Crippen molar-refractivity contribution in [3.63, 3.8) is 0 Å². The average molecular weight is 446 g/mol. The van der Waals surface area contributed by atoms with E-state index in [2.05, 4.69) is 34.7 Å². The molecule has 0 saturated heterocycles. The van der Waals surface area contributed by atoms with Crippen LogP contribution in [0, 0.1) is 12.7 Å². The van der Waals surface area contributed by atoms with Crippen molar-refractivity contribution in [1.82, 2.24) is 4.98 Å². The van der Waals surface area contributed by atoms with Gasteiger partial charge in [0.05, 0.1) is 16.8 Å². The second kappa shape index (κ2) is 7.92. The molecular formula is C30H22FN2O+. The van der Waals surface area contributed by atoms with Crippen molar-refractivity contribution in [2.75, 3.05) is 0 Å². The highest BCUT2D eigenvalue weighted by atomic mass is 19.1. The molecule has 0 aliphatic rings. The Morgan fingerprint density at radius 3 is 2.21 bits per heavy atom. The van der Waals surface area contributed by atoms with Crippen LogP contribution in [0.25, 0.3) is 55.6 Å². The van der Waals surface area contributed by atoms with Gasteiger partial charge in [-0.25, -0.2) is 8.96 Å². The highest BCUT2D eigenvalue weighted by Crippen LogP contribution is 2.41. The van der Waals surface area contributed by atoms with E-state index in [1.54, 1.807) is 12.3 Å². The number of aromatic nitrogens is 2. The second-order valence-electron chi connectivity index (χ2n) is 8.53. The standard InChI is InChI=1S/C30H22FN2O/c1-19-11-13-22-23-14-15-24(31)28(25-16-12-21(18-32-25)20-8-4-3-5-9-20)30(23)34-29(22)27(19)26-10-6-7-17-33(26)2/h3-18H,1-2H3/q+1. The Morgan fingerprint density at radius 2 is 1.47 bits per heavy atom. The molecule has 0 amide bonds. The lowest BCUT2D eigenvalue weighted by Crippen LogP contribution is -2.30. The van der Waals surface area contributed by atoms with Crippen LogP contribution in [0.2, 0.25) is 0 Å². The maximum Gasteiger partial charge on any atom is 0.216 e. The van der Waals surface area contributed by atoms with Gasteiger partial charge in [0.25, 0.3) is 0 Å². The molecule has 0 bridgehead atoms. The van der Waals surface area contributed by atoms with Gasteiger partial charge in [-0.15, -0.1) is 0 Å². The molecule has 0 spiro atoms. The molecule has 0 radical (unpaired) electrons. The van der Waals surface area contributed by atoms with E-state index in [0.29, 0.717) is 16.8 Å². The largest absolute Gasteiger partial charge is 0.454 e. The van der Waals surface area contributed by atoms with Crippen molar-refractivity contribution >= 4 is 21.9 Å². The van der Waals surface area contributed by atoms with Gasteiger partial charge in [-0.1, -0.05) is 48.5 Å². The van der Waals surface area contributed by atoms with Crippen molar-refractivity contribution in [2.24, 2.45) is 7.05 Å². The van der Waals surface area contributed by atoms with Crippen LogP contribution >= 0.6 is 0 Å². The third-order valence-corrected chi connectivity index (χ3v) is 6.40. The van der Waals surface area contributed by atoms with Crippen LogP contribution in [0.4, 0.5) is 4.39 Å². The fraction of sp³-hybridized carbons (Fsp3) is 0.0667. The Bertz CT molecular complexity index is 1670. The van der Waals surface area contributed by atoms with Crippen LogP contribution in [0.1, 0.15) is 5.56 Å². The van der Waals surface area contributed by atoms with Crippen molar-refractivity contribution in [1.29, 1.82) is 0 Å². The molecule has 0 atom stereocenters. The van der Waals surface area contributed by atoms with Gasteiger partial charge in [-0.3, -0.25) is 4.98 Å². The van der Waals surface area contributed by atoms with E-state index in [0.717, 1.165) is 44.3 Å². The molecule has 0 unspecified atom stereocenters. The molecule has 0 N–H and O–H groups in total. The molecule has 164 valence electrons. The number of nitrogens with zero attached hydrogens (tertiary/aromatic N) is 2. The summed E-state index contributed by atoms with van der Waals surface area (Å²) in [5.74, 6) is -0.352. The summed E-state index contributed by atoms with van der Waals surface area (Å²) in [4.78, 5) is 4.61. The first-order valence-electron chi connectivity index (χ1n) is 11.2. The van der Waals surface area contributed by atoms with E-state index in [9.17, 15) is 0 Å². The Kier molecular flexibility index (Phi) is 4.73. The number of aryl methyl sites for hydroxylation is 2. The number of hydrogen-bond donors (Lipinski definition) is 0. The Hall–Kier alpha value is -4.31. The second-order valence-corrected chi connectivity index (χ2v) is 8.53. The monoisotopic (exact) mass is 445 g/mol. The fourth-order valence-electron chi connectivity index (χ4n) is 4.66. The van der Waals surface area contributed by atoms with Gasteiger partial charge >= 0.3 is 0 Å². The number of benzene rings is 3. The van der Waals surface area contributed by atoms with E-state index in [1.807, 2.05) is 67.8 Å². The molecule has 3 aromatic heterocycles. The van der Waals surface area contributed by atoms with Crippen molar-refractivity contribution in [3.05, 3.63) is 109 Å².